The van der Waals surface area contributed by atoms with Gasteiger partial charge in [0.2, 0.25) is 4.87 Å². The van der Waals surface area contributed by atoms with Crippen LogP contribution in [0.25, 0.3) is 10.8 Å². The van der Waals surface area contributed by atoms with Gasteiger partial charge in [-0.15, -0.1) is 0 Å². The van der Waals surface area contributed by atoms with E-state index in [4.69, 9.17) is 5.11 Å². The number of hydrogen-bond donors (Lipinski definition) is 3. The molecule has 3 N–H and O–H groups in total. The number of aromatic hydroxyl groups is 1. The molecule has 0 heterocycles. The summed E-state index contributed by atoms with van der Waals surface area (Å²) in [5.41, 5.74) is -0.0486. The summed E-state index contributed by atoms with van der Waals surface area (Å²) in [7, 11) is -8.70. The van der Waals surface area contributed by atoms with Crippen molar-refractivity contribution < 1.29 is 31.6 Å². The lowest BCUT2D eigenvalue weighted by atomic mass is 10.1. The van der Waals surface area contributed by atoms with Crippen molar-refractivity contribution in [1.29, 1.82) is 0 Å². The Morgan fingerprint density at radius 1 is 1.07 bits per heavy atom. The topological polar surface area (TPSA) is 154 Å². The van der Waals surface area contributed by atoms with Gasteiger partial charge in [-0.25, -0.2) is 8.42 Å². The molecule has 0 saturated carbocycles. The number of nitrogens with zero attached hydrogens (tertiary/aromatic N) is 2. The van der Waals surface area contributed by atoms with Crippen LogP contribution < -0.4 is 0 Å². The third kappa shape index (κ3) is 3.94. The second-order valence-corrected chi connectivity index (χ2v) is 10.1. The van der Waals surface area contributed by atoms with Gasteiger partial charge in [0.15, 0.2) is 9.84 Å². The summed E-state index contributed by atoms with van der Waals surface area (Å²) in [6, 6.07) is 7.07. The Bertz CT molecular complexity index is 1250. The van der Waals surface area contributed by atoms with E-state index in [1.807, 2.05) is 0 Å². The molecule has 0 spiro atoms. The van der Waals surface area contributed by atoms with Crippen LogP contribution in [0.15, 0.2) is 69.8 Å². The van der Waals surface area contributed by atoms with Crippen LogP contribution in [0.4, 0.5) is 5.69 Å². The summed E-state index contributed by atoms with van der Waals surface area (Å²) in [6.07, 6.45) is 6.06. The molecule has 2 aromatic rings. The molecular formula is C18H18N2O7S2. The minimum atomic E-state index is -4.77. The van der Waals surface area contributed by atoms with E-state index in [0.717, 1.165) is 6.07 Å². The maximum absolute atomic E-state index is 12.7. The summed E-state index contributed by atoms with van der Waals surface area (Å²) in [4.78, 5) is -2.53. The first kappa shape index (κ1) is 21.1. The average Bonchev–Trinajstić information content (AvgIpc) is 2.67. The predicted octanol–water partition coefficient (Wildman–Crippen LogP) is 2.50. The van der Waals surface area contributed by atoms with Crippen LogP contribution in [0.1, 0.15) is 6.42 Å². The van der Waals surface area contributed by atoms with Crippen molar-refractivity contribution in [2.75, 3.05) is 12.4 Å². The van der Waals surface area contributed by atoms with Crippen LogP contribution >= 0.6 is 0 Å². The highest BCUT2D eigenvalue weighted by molar-refractivity contribution is 7.93. The third-order valence-electron chi connectivity index (χ3n) is 4.48. The van der Waals surface area contributed by atoms with Crippen LogP contribution in [-0.4, -0.2) is 48.8 Å². The molecule has 9 nitrogen and oxygen atoms in total. The Balaban J connectivity index is 2.23. The van der Waals surface area contributed by atoms with E-state index in [9.17, 15) is 26.5 Å². The maximum atomic E-state index is 12.7. The van der Waals surface area contributed by atoms with E-state index in [-0.39, 0.29) is 17.5 Å². The van der Waals surface area contributed by atoms with Crippen LogP contribution in [0.2, 0.25) is 0 Å². The van der Waals surface area contributed by atoms with E-state index < -0.39 is 47.8 Å². The molecule has 0 amide bonds. The lowest BCUT2D eigenvalue weighted by molar-refractivity contribution is 0.318. The quantitative estimate of drug-likeness (QED) is 0.462. The normalized spacial score (nSPS) is 19.9. The molecule has 11 heteroatoms. The molecule has 0 fully saturated rings. The molecule has 0 bridgehead atoms. The monoisotopic (exact) mass is 438 g/mol. The standard InChI is InChI=1S/C18H18N2O7S2/c21-10-11-28(23,24)18(8-4-1-5-9-18)20-19-15-12-16(29(25,26)27)17(22)14-7-3-2-6-13(14)15/h1-8,12,21-22H,9-11H2,(H,25,26,27). The Morgan fingerprint density at radius 2 is 1.76 bits per heavy atom. The molecule has 2 aromatic carbocycles. The molecule has 3 rings (SSSR count). The molecule has 154 valence electrons. The summed E-state index contributed by atoms with van der Waals surface area (Å²) in [5, 5.41) is 27.7. The second-order valence-electron chi connectivity index (χ2n) is 6.34. The number of azo groups is 1. The number of allylic oxidation sites excluding steroid dienone is 2. The number of sulfone groups is 1. The first-order valence-electron chi connectivity index (χ1n) is 8.44. The summed E-state index contributed by atoms with van der Waals surface area (Å²) in [5.74, 6) is -1.18. The third-order valence-corrected chi connectivity index (χ3v) is 7.53. The Kier molecular flexibility index (Phi) is 5.59. The van der Waals surface area contributed by atoms with Gasteiger partial charge in [-0.2, -0.15) is 18.6 Å². The predicted molar refractivity (Wildman–Crippen MR) is 106 cm³/mol. The van der Waals surface area contributed by atoms with Crippen molar-refractivity contribution in [3.05, 3.63) is 54.6 Å². The number of phenolic OH excluding ortho intramolecular Hbond substituents is 1. The van der Waals surface area contributed by atoms with Gasteiger partial charge in [0, 0.05) is 17.2 Å². The highest BCUT2D eigenvalue weighted by Gasteiger charge is 2.41. The molecule has 0 radical (unpaired) electrons. The Labute approximate surface area is 167 Å². The van der Waals surface area contributed by atoms with Gasteiger partial charge in [-0.1, -0.05) is 42.5 Å². The van der Waals surface area contributed by atoms with Crippen molar-refractivity contribution in [3.8, 4) is 5.75 Å². The van der Waals surface area contributed by atoms with Gasteiger partial charge >= 0.3 is 0 Å². The van der Waals surface area contributed by atoms with Gasteiger partial charge in [0.1, 0.15) is 10.6 Å². The van der Waals surface area contributed by atoms with Crippen LogP contribution in [0, 0.1) is 0 Å². The smallest absolute Gasteiger partial charge is 0.298 e. The van der Waals surface area contributed by atoms with E-state index in [2.05, 4.69) is 10.2 Å². The van der Waals surface area contributed by atoms with E-state index in [1.165, 1.54) is 18.2 Å². The summed E-state index contributed by atoms with van der Waals surface area (Å²) >= 11 is 0. The van der Waals surface area contributed by atoms with Gasteiger partial charge in [0.05, 0.1) is 18.0 Å². The molecule has 1 atom stereocenters. The molecule has 0 aromatic heterocycles. The van der Waals surface area contributed by atoms with Crippen molar-refractivity contribution in [1.82, 2.24) is 0 Å². The highest BCUT2D eigenvalue weighted by atomic mass is 32.2. The molecule has 1 aliphatic rings. The summed E-state index contributed by atoms with van der Waals surface area (Å²) in [6.45, 7) is -0.591. The van der Waals surface area contributed by atoms with Crippen LogP contribution in [0.5, 0.6) is 5.75 Å². The number of rotatable bonds is 6. The van der Waals surface area contributed by atoms with Gasteiger partial charge in [-0.05, 0) is 12.1 Å². The molecule has 29 heavy (non-hydrogen) atoms. The fourth-order valence-corrected chi connectivity index (χ4v) is 5.00. The second kappa shape index (κ2) is 7.67. The molecule has 1 unspecified atom stereocenters. The molecular weight excluding hydrogens is 420 g/mol. The number of phenols is 1. The maximum Gasteiger partial charge on any atom is 0.298 e. The minimum Gasteiger partial charge on any atom is -0.506 e. The van der Waals surface area contributed by atoms with E-state index in [1.54, 1.807) is 30.4 Å². The average molecular weight is 438 g/mol. The fraction of sp³-hybridized carbons (Fsp3) is 0.222. The molecule has 0 saturated heterocycles. The largest absolute Gasteiger partial charge is 0.506 e. The van der Waals surface area contributed by atoms with Crippen molar-refractivity contribution in [2.45, 2.75) is 16.2 Å². The first-order valence-corrected chi connectivity index (χ1v) is 11.5. The lowest BCUT2D eigenvalue weighted by Gasteiger charge is -2.25. The van der Waals surface area contributed by atoms with Crippen molar-refractivity contribution in [3.63, 3.8) is 0 Å². The molecule has 0 aliphatic heterocycles. The van der Waals surface area contributed by atoms with Gasteiger partial charge < -0.3 is 10.2 Å². The zero-order valence-electron chi connectivity index (χ0n) is 15.0. The lowest BCUT2D eigenvalue weighted by Crippen LogP contribution is -2.37. The van der Waals surface area contributed by atoms with Crippen LogP contribution in [0.3, 0.4) is 0 Å². The number of hydrogen-bond acceptors (Lipinski definition) is 8. The highest BCUT2D eigenvalue weighted by Crippen LogP contribution is 2.40. The summed E-state index contributed by atoms with van der Waals surface area (Å²) < 4.78 is 58.1. The SMILES string of the molecule is O=S(=O)(O)c1cc(N=NC2(S(=O)(=O)CCO)C=CC=CC2)c2ccccc2c1O. The van der Waals surface area contributed by atoms with E-state index >= 15 is 0 Å². The van der Waals surface area contributed by atoms with E-state index in [0.29, 0.717) is 5.39 Å². The number of fused-ring (bicyclic) bond motifs is 1. The van der Waals surface area contributed by atoms with Gasteiger partial charge in [-0.3, -0.25) is 4.55 Å². The Hall–Kier alpha value is -2.60. The number of benzene rings is 2. The van der Waals surface area contributed by atoms with Gasteiger partial charge in [0.25, 0.3) is 10.1 Å². The first-order chi connectivity index (χ1) is 13.6. The molecule has 1 aliphatic carbocycles. The zero-order valence-corrected chi connectivity index (χ0v) is 16.6. The zero-order chi connectivity index (χ0) is 21.3. The van der Waals surface area contributed by atoms with Crippen molar-refractivity contribution >= 4 is 36.4 Å². The Morgan fingerprint density at radius 3 is 2.34 bits per heavy atom. The van der Waals surface area contributed by atoms with Crippen LogP contribution in [-0.2, 0) is 20.0 Å². The van der Waals surface area contributed by atoms with Crippen molar-refractivity contribution in [2.24, 2.45) is 10.2 Å². The number of aliphatic hydroxyl groups is 1. The minimum absolute atomic E-state index is 0.0174. The number of aliphatic hydroxyl groups excluding tert-OH is 1. The fourth-order valence-electron chi connectivity index (χ4n) is 2.99.